The molecular formula is C21H28N2O3. The van der Waals surface area contributed by atoms with Gasteiger partial charge in [-0.3, -0.25) is 9.69 Å². The number of benzene rings is 1. The Hall–Kier alpha value is -2.01. The summed E-state index contributed by atoms with van der Waals surface area (Å²) in [7, 11) is 5.83. The first kappa shape index (κ1) is 17.4. The molecule has 2 fully saturated rings. The molecule has 1 saturated carbocycles. The summed E-state index contributed by atoms with van der Waals surface area (Å²) < 4.78 is 11.2. The van der Waals surface area contributed by atoms with Crippen molar-refractivity contribution >= 4 is 12.0 Å². The second-order valence-electron chi connectivity index (χ2n) is 8.03. The Kier molecular flexibility index (Phi) is 4.65. The van der Waals surface area contributed by atoms with Crippen molar-refractivity contribution in [2.45, 2.75) is 25.3 Å². The van der Waals surface area contributed by atoms with Gasteiger partial charge in [0.15, 0.2) is 0 Å². The van der Waals surface area contributed by atoms with E-state index in [4.69, 9.17) is 9.47 Å². The van der Waals surface area contributed by atoms with Crippen LogP contribution in [0.15, 0.2) is 23.8 Å². The molecule has 1 amide bonds. The molecule has 5 heteroatoms. The average Bonchev–Trinajstić information content (AvgIpc) is 3.04. The number of fused-ring (bicyclic) bond motifs is 2. The number of ether oxygens (including phenoxy) is 2. The number of carbonyl (C=O) groups is 1. The summed E-state index contributed by atoms with van der Waals surface area (Å²) in [5.74, 6) is 3.31. The van der Waals surface area contributed by atoms with Gasteiger partial charge in [-0.2, -0.15) is 0 Å². The van der Waals surface area contributed by atoms with Gasteiger partial charge in [0.25, 0.3) is 0 Å². The van der Waals surface area contributed by atoms with E-state index in [-0.39, 0.29) is 0 Å². The minimum Gasteiger partial charge on any atom is -0.497 e. The van der Waals surface area contributed by atoms with Crippen LogP contribution < -0.4 is 9.47 Å². The summed E-state index contributed by atoms with van der Waals surface area (Å²) >= 11 is 0. The van der Waals surface area contributed by atoms with Gasteiger partial charge in [-0.25, -0.2) is 0 Å². The summed E-state index contributed by atoms with van der Waals surface area (Å²) in [6.07, 6.45) is 5.29. The van der Waals surface area contributed by atoms with E-state index in [9.17, 15) is 4.79 Å². The van der Waals surface area contributed by atoms with E-state index in [0.29, 0.717) is 30.4 Å². The van der Waals surface area contributed by atoms with Gasteiger partial charge in [-0.15, -0.1) is 0 Å². The van der Waals surface area contributed by atoms with Crippen LogP contribution in [0.2, 0.25) is 0 Å². The topological polar surface area (TPSA) is 42.0 Å². The van der Waals surface area contributed by atoms with Gasteiger partial charge in [0.1, 0.15) is 18.1 Å². The fourth-order valence-corrected chi connectivity index (χ4v) is 4.72. The molecule has 2 aliphatic heterocycles. The van der Waals surface area contributed by atoms with Crippen LogP contribution >= 0.6 is 0 Å². The first-order valence-corrected chi connectivity index (χ1v) is 9.48. The zero-order valence-electron chi connectivity index (χ0n) is 15.9. The number of likely N-dealkylation sites (N-methyl/N-ethyl adjacent to an activating group) is 1. The van der Waals surface area contributed by atoms with Crippen LogP contribution in [0.5, 0.6) is 11.5 Å². The molecule has 3 aliphatic rings. The molecule has 2 heterocycles. The van der Waals surface area contributed by atoms with E-state index in [1.807, 2.05) is 30.1 Å². The van der Waals surface area contributed by atoms with E-state index < -0.39 is 0 Å². The van der Waals surface area contributed by atoms with E-state index in [0.717, 1.165) is 43.0 Å². The van der Waals surface area contributed by atoms with Crippen LogP contribution in [-0.4, -0.2) is 62.7 Å². The molecule has 4 rings (SSSR count). The van der Waals surface area contributed by atoms with Crippen molar-refractivity contribution < 1.29 is 14.3 Å². The van der Waals surface area contributed by atoms with Crippen LogP contribution in [-0.2, 0) is 4.79 Å². The molecular weight excluding hydrogens is 328 g/mol. The molecule has 5 nitrogen and oxygen atoms in total. The quantitative estimate of drug-likeness (QED) is 0.832. The molecule has 1 saturated heterocycles. The number of nitrogens with zero attached hydrogens (tertiary/aromatic N) is 2. The Balaban J connectivity index is 1.41. The number of likely N-dealkylation sites (tertiary alicyclic amines) is 1. The summed E-state index contributed by atoms with van der Waals surface area (Å²) in [5, 5.41) is 0. The van der Waals surface area contributed by atoms with Gasteiger partial charge in [0, 0.05) is 38.2 Å². The molecule has 0 unspecified atom stereocenters. The van der Waals surface area contributed by atoms with E-state index in [1.165, 1.54) is 12.0 Å². The number of hydrogen-bond acceptors (Lipinski definition) is 4. The maximum Gasteiger partial charge on any atom is 0.222 e. The third-order valence-electron chi connectivity index (χ3n) is 6.25. The Labute approximate surface area is 155 Å². The Morgan fingerprint density at radius 3 is 2.92 bits per heavy atom. The monoisotopic (exact) mass is 356 g/mol. The fourth-order valence-electron chi connectivity index (χ4n) is 4.72. The van der Waals surface area contributed by atoms with Gasteiger partial charge in [-0.05, 0) is 61.6 Å². The lowest BCUT2D eigenvalue weighted by atomic mass is 9.88. The number of hydrogen-bond donors (Lipinski definition) is 0. The van der Waals surface area contributed by atoms with Crippen molar-refractivity contribution in [1.82, 2.24) is 9.80 Å². The van der Waals surface area contributed by atoms with Crippen LogP contribution in [0.4, 0.5) is 0 Å². The standard InChI is InChI=1S/C21H28N2O3/c1-22(18-7-15-10-21(24)23(2)12-17(15)8-18)11-14-6-16-9-19(25-3)4-5-20(16)26-13-14/h4-6,9,15,17-18H,7-8,10-13H2,1-3H3/t15-,17+,18-/m0/s1. The number of piperidine rings is 1. The summed E-state index contributed by atoms with van der Waals surface area (Å²) in [6, 6.07) is 6.49. The van der Waals surface area contributed by atoms with Gasteiger partial charge in [-0.1, -0.05) is 0 Å². The third-order valence-corrected chi connectivity index (χ3v) is 6.25. The minimum absolute atomic E-state index is 0.309. The molecule has 3 atom stereocenters. The van der Waals surface area contributed by atoms with Crippen LogP contribution in [0.1, 0.15) is 24.8 Å². The third kappa shape index (κ3) is 3.32. The molecule has 0 spiro atoms. The van der Waals surface area contributed by atoms with Gasteiger partial charge < -0.3 is 14.4 Å². The molecule has 1 aromatic rings. The highest BCUT2D eigenvalue weighted by Gasteiger charge is 2.41. The number of rotatable bonds is 4. The highest BCUT2D eigenvalue weighted by atomic mass is 16.5. The number of methoxy groups -OCH3 is 1. The maximum atomic E-state index is 12.0. The summed E-state index contributed by atoms with van der Waals surface area (Å²) in [6.45, 7) is 2.47. The van der Waals surface area contributed by atoms with Gasteiger partial charge in [0.2, 0.25) is 5.91 Å². The molecule has 0 N–H and O–H groups in total. The van der Waals surface area contributed by atoms with Crippen molar-refractivity contribution in [3.63, 3.8) is 0 Å². The minimum atomic E-state index is 0.309. The van der Waals surface area contributed by atoms with Crippen molar-refractivity contribution in [3.8, 4) is 11.5 Å². The molecule has 0 aromatic heterocycles. The second-order valence-corrected chi connectivity index (χ2v) is 8.03. The predicted molar refractivity (Wildman–Crippen MR) is 101 cm³/mol. The zero-order chi connectivity index (χ0) is 18.3. The smallest absolute Gasteiger partial charge is 0.222 e. The largest absolute Gasteiger partial charge is 0.497 e. The predicted octanol–water partition coefficient (Wildman–Crippen LogP) is 2.66. The summed E-state index contributed by atoms with van der Waals surface area (Å²) in [4.78, 5) is 16.3. The molecule has 1 aliphatic carbocycles. The van der Waals surface area contributed by atoms with Gasteiger partial charge >= 0.3 is 0 Å². The van der Waals surface area contributed by atoms with Crippen LogP contribution in [0, 0.1) is 11.8 Å². The average molecular weight is 356 g/mol. The Morgan fingerprint density at radius 2 is 2.12 bits per heavy atom. The molecule has 0 radical (unpaired) electrons. The zero-order valence-corrected chi connectivity index (χ0v) is 15.9. The van der Waals surface area contributed by atoms with E-state index >= 15 is 0 Å². The number of carbonyl (C=O) groups excluding carboxylic acids is 1. The number of amides is 1. The Morgan fingerprint density at radius 1 is 1.31 bits per heavy atom. The lowest BCUT2D eigenvalue weighted by Crippen LogP contribution is -2.39. The lowest BCUT2D eigenvalue weighted by molar-refractivity contribution is -0.134. The SMILES string of the molecule is COc1ccc2c(c1)C=C(CN(C)[C@H]1C[C@H]3CC(=O)N(C)C[C@H]3C1)CO2. The first-order valence-electron chi connectivity index (χ1n) is 9.48. The lowest BCUT2D eigenvalue weighted by Gasteiger charge is -2.31. The molecule has 140 valence electrons. The fraction of sp³-hybridized carbons (Fsp3) is 0.571. The van der Waals surface area contributed by atoms with Crippen molar-refractivity contribution in [2.75, 3.05) is 40.9 Å². The molecule has 0 bridgehead atoms. The highest BCUT2D eigenvalue weighted by molar-refractivity contribution is 5.77. The van der Waals surface area contributed by atoms with E-state index in [2.05, 4.69) is 18.0 Å². The second kappa shape index (κ2) is 6.95. The molecule has 1 aromatic carbocycles. The van der Waals surface area contributed by atoms with Crippen molar-refractivity contribution in [3.05, 3.63) is 29.3 Å². The first-order chi connectivity index (χ1) is 12.5. The van der Waals surface area contributed by atoms with Gasteiger partial charge in [0.05, 0.1) is 7.11 Å². The van der Waals surface area contributed by atoms with Crippen molar-refractivity contribution in [2.24, 2.45) is 11.8 Å². The van der Waals surface area contributed by atoms with Crippen LogP contribution in [0.25, 0.3) is 6.08 Å². The highest BCUT2D eigenvalue weighted by Crippen LogP contribution is 2.40. The maximum absolute atomic E-state index is 12.0. The van der Waals surface area contributed by atoms with Crippen LogP contribution in [0.3, 0.4) is 0 Å². The molecule has 26 heavy (non-hydrogen) atoms. The normalized spacial score (nSPS) is 27.7. The van der Waals surface area contributed by atoms with Crippen molar-refractivity contribution in [1.29, 1.82) is 0 Å². The van der Waals surface area contributed by atoms with E-state index in [1.54, 1.807) is 7.11 Å². The Bertz CT molecular complexity index is 730. The summed E-state index contributed by atoms with van der Waals surface area (Å²) in [5.41, 5.74) is 2.38.